The maximum Gasteiger partial charge on any atom is 0.0875 e. The highest BCUT2D eigenvalue weighted by molar-refractivity contribution is 5.13. The Hall–Kier alpha value is -0.160. The van der Waals surface area contributed by atoms with Crippen molar-refractivity contribution in [3.8, 4) is 0 Å². The van der Waals surface area contributed by atoms with Gasteiger partial charge in [0.05, 0.1) is 11.1 Å². The quantitative estimate of drug-likeness (QED) is 0.564. The van der Waals surface area contributed by atoms with E-state index in [1.807, 2.05) is 0 Å². The summed E-state index contributed by atoms with van der Waals surface area (Å²) in [5.74, 6) is 0. The maximum absolute atomic E-state index is 10.6. The first kappa shape index (κ1) is 10.0. The molecule has 15 heavy (non-hydrogen) atoms. The van der Waals surface area contributed by atoms with Crippen molar-refractivity contribution in [3.05, 3.63) is 0 Å². The average Bonchev–Trinajstić information content (AvgIpc) is 2.99. The summed E-state index contributed by atoms with van der Waals surface area (Å²) in [5, 5.41) is 13.8. The number of nitrogens with two attached hydrogens (primary N) is 1. The van der Waals surface area contributed by atoms with E-state index in [9.17, 15) is 5.11 Å². The Balaban J connectivity index is 1.63. The Bertz CT molecular complexity index is 253. The van der Waals surface area contributed by atoms with Crippen LogP contribution in [0.15, 0.2) is 0 Å². The van der Waals surface area contributed by atoms with Gasteiger partial charge in [0, 0.05) is 32.2 Å². The van der Waals surface area contributed by atoms with Crippen molar-refractivity contribution >= 4 is 0 Å². The van der Waals surface area contributed by atoms with Crippen molar-refractivity contribution in [2.75, 3.05) is 26.2 Å². The van der Waals surface area contributed by atoms with Crippen molar-refractivity contribution < 1.29 is 5.11 Å². The van der Waals surface area contributed by atoms with Crippen LogP contribution < -0.4 is 11.1 Å². The first-order valence-electron chi connectivity index (χ1n) is 6.09. The van der Waals surface area contributed by atoms with Gasteiger partial charge in [-0.2, -0.15) is 0 Å². The van der Waals surface area contributed by atoms with Gasteiger partial charge in [-0.1, -0.05) is 0 Å². The minimum atomic E-state index is -0.621. The highest BCUT2D eigenvalue weighted by Gasteiger charge is 2.53. The molecule has 0 aromatic heterocycles. The maximum atomic E-state index is 10.6. The summed E-state index contributed by atoms with van der Waals surface area (Å²) in [7, 11) is 0. The Labute approximate surface area is 90.8 Å². The van der Waals surface area contributed by atoms with Crippen LogP contribution in [0.2, 0.25) is 0 Å². The fraction of sp³-hybridized carbons (Fsp3) is 1.00. The van der Waals surface area contributed by atoms with Crippen molar-refractivity contribution in [1.29, 1.82) is 0 Å². The smallest absolute Gasteiger partial charge is 0.0875 e. The molecule has 1 saturated carbocycles. The van der Waals surface area contributed by atoms with Crippen molar-refractivity contribution in [2.45, 2.75) is 42.9 Å². The molecule has 1 aliphatic carbocycles. The van der Waals surface area contributed by atoms with Crippen LogP contribution in [0.4, 0.5) is 0 Å². The summed E-state index contributed by atoms with van der Waals surface area (Å²) in [4.78, 5) is 2.52. The minimum absolute atomic E-state index is 0.358. The van der Waals surface area contributed by atoms with Crippen LogP contribution in [-0.2, 0) is 0 Å². The molecule has 0 amide bonds. The number of rotatable bonds is 2. The molecule has 2 heterocycles. The van der Waals surface area contributed by atoms with E-state index in [2.05, 4.69) is 10.2 Å². The van der Waals surface area contributed by atoms with Crippen LogP contribution >= 0.6 is 0 Å². The second kappa shape index (κ2) is 3.17. The van der Waals surface area contributed by atoms with Crippen LogP contribution in [0, 0.1) is 0 Å². The molecule has 0 spiro atoms. The lowest BCUT2D eigenvalue weighted by atomic mass is 9.70. The molecule has 4 N–H and O–H groups in total. The van der Waals surface area contributed by atoms with Crippen LogP contribution in [-0.4, -0.2) is 53.4 Å². The molecule has 0 aromatic carbocycles. The number of hydrogen-bond donors (Lipinski definition) is 3. The number of hydrogen-bond acceptors (Lipinski definition) is 4. The van der Waals surface area contributed by atoms with E-state index in [1.54, 1.807) is 0 Å². The van der Waals surface area contributed by atoms with E-state index >= 15 is 0 Å². The molecule has 86 valence electrons. The van der Waals surface area contributed by atoms with Gasteiger partial charge >= 0.3 is 0 Å². The fourth-order valence-corrected chi connectivity index (χ4v) is 2.92. The SMILES string of the molecule is NC1(C2(O)CCN(C3CC3)CC2)CNC1. The van der Waals surface area contributed by atoms with E-state index in [-0.39, 0.29) is 5.54 Å². The molecule has 2 aliphatic heterocycles. The first-order valence-corrected chi connectivity index (χ1v) is 6.09. The predicted molar refractivity (Wildman–Crippen MR) is 58.6 cm³/mol. The summed E-state index contributed by atoms with van der Waals surface area (Å²) in [6, 6.07) is 0.822. The summed E-state index contributed by atoms with van der Waals surface area (Å²) in [6.07, 6.45) is 4.41. The van der Waals surface area contributed by atoms with Gasteiger partial charge < -0.3 is 21.1 Å². The molecule has 0 bridgehead atoms. The molecular formula is C11H21N3O. The lowest BCUT2D eigenvalue weighted by Gasteiger charge is -2.54. The number of nitrogens with one attached hydrogen (secondary N) is 1. The predicted octanol–water partition coefficient (Wildman–Crippen LogP) is -0.724. The monoisotopic (exact) mass is 211 g/mol. The van der Waals surface area contributed by atoms with E-state index < -0.39 is 5.60 Å². The van der Waals surface area contributed by atoms with Crippen LogP contribution in [0.25, 0.3) is 0 Å². The van der Waals surface area contributed by atoms with E-state index in [0.29, 0.717) is 0 Å². The highest BCUT2D eigenvalue weighted by atomic mass is 16.3. The second-order valence-electron chi connectivity index (χ2n) is 5.56. The van der Waals surface area contributed by atoms with Crippen molar-refractivity contribution in [2.24, 2.45) is 5.73 Å². The number of likely N-dealkylation sites (tertiary alicyclic amines) is 1. The van der Waals surface area contributed by atoms with E-state index in [0.717, 1.165) is 45.1 Å². The van der Waals surface area contributed by atoms with Crippen LogP contribution in [0.3, 0.4) is 0 Å². The molecule has 3 rings (SSSR count). The second-order valence-corrected chi connectivity index (χ2v) is 5.56. The Morgan fingerprint density at radius 3 is 2.20 bits per heavy atom. The standard InChI is InChI=1S/C11H21N3O/c12-10(7-13-8-10)11(15)3-5-14(6-4-11)9-1-2-9/h9,13,15H,1-8,12H2. The molecule has 3 fully saturated rings. The molecule has 3 aliphatic rings. The Morgan fingerprint density at radius 1 is 1.20 bits per heavy atom. The zero-order valence-corrected chi connectivity index (χ0v) is 9.21. The molecular weight excluding hydrogens is 190 g/mol. The normalized spacial score (nSPS) is 34.8. The lowest BCUT2D eigenvalue weighted by molar-refractivity contribution is -0.0980. The number of nitrogens with zero attached hydrogens (tertiary/aromatic N) is 1. The fourth-order valence-electron chi connectivity index (χ4n) is 2.92. The minimum Gasteiger partial charge on any atom is -0.388 e. The number of piperidine rings is 1. The summed E-state index contributed by atoms with van der Waals surface area (Å²) < 4.78 is 0. The Kier molecular flexibility index (Phi) is 2.12. The van der Waals surface area contributed by atoms with Gasteiger partial charge in [0.15, 0.2) is 0 Å². The van der Waals surface area contributed by atoms with Gasteiger partial charge in [0.1, 0.15) is 0 Å². The molecule has 4 nitrogen and oxygen atoms in total. The van der Waals surface area contributed by atoms with Gasteiger partial charge in [-0.15, -0.1) is 0 Å². The third kappa shape index (κ3) is 1.51. The molecule has 2 saturated heterocycles. The van der Waals surface area contributed by atoms with Crippen LogP contribution in [0.5, 0.6) is 0 Å². The largest absolute Gasteiger partial charge is 0.388 e. The highest BCUT2D eigenvalue weighted by Crippen LogP contribution is 2.37. The van der Waals surface area contributed by atoms with Gasteiger partial charge in [-0.25, -0.2) is 0 Å². The summed E-state index contributed by atoms with van der Waals surface area (Å²) >= 11 is 0. The molecule has 0 aromatic rings. The molecule has 0 atom stereocenters. The van der Waals surface area contributed by atoms with E-state index in [4.69, 9.17) is 5.73 Å². The van der Waals surface area contributed by atoms with Crippen molar-refractivity contribution in [1.82, 2.24) is 10.2 Å². The number of aliphatic hydroxyl groups is 1. The average molecular weight is 211 g/mol. The lowest BCUT2D eigenvalue weighted by Crippen LogP contribution is -2.78. The van der Waals surface area contributed by atoms with Crippen LogP contribution in [0.1, 0.15) is 25.7 Å². The summed E-state index contributed by atoms with van der Waals surface area (Å²) in [6.45, 7) is 3.60. The first-order chi connectivity index (χ1) is 7.13. The molecule has 0 radical (unpaired) electrons. The van der Waals surface area contributed by atoms with Gasteiger partial charge in [0.2, 0.25) is 0 Å². The van der Waals surface area contributed by atoms with Gasteiger partial charge in [0.25, 0.3) is 0 Å². The zero-order chi connectivity index (χ0) is 10.5. The summed E-state index contributed by atoms with van der Waals surface area (Å²) in [5.41, 5.74) is 5.24. The Morgan fingerprint density at radius 2 is 1.80 bits per heavy atom. The van der Waals surface area contributed by atoms with Gasteiger partial charge in [-0.3, -0.25) is 0 Å². The molecule has 4 heteroatoms. The zero-order valence-electron chi connectivity index (χ0n) is 9.21. The van der Waals surface area contributed by atoms with Crippen molar-refractivity contribution in [3.63, 3.8) is 0 Å². The van der Waals surface area contributed by atoms with Gasteiger partial charge in [-0.05, 0) is 25.7 Å². The topological polar surface area (TPSA) is 61.5 Å². The molecule has 0 unspecified atom stereocenters. The third-order valence-electron chi connectivity index (χ3n) is 4.50. The van der Waals surface area contributed by atoms with E-state index in [1.165, 1.54) is 12.8 Å². The third-order valence-corrected chi connectivity index (χ3v) is 4.50.